The number of hydrogen-bond acceptors (Lipinski definition) is 6. The molecule has 7 heteroatoms. The SMILES string of the molecule is CSc1sc(C(=N)N)cc1-c1nc(CSc2ccccc2)cs1. The van der Waals surface area contributed by atoms with Gasteiger partial charge < -0.3 is 5.73 Å². The molecule has 0 saturated heterocycles. The van der Waals surface area contributed by atoms with Crippen molar-refractivity contribution in [3.8, 4) is 10.6 Å². The Morgan fingerprint density at radius 3 is 2.78 bits per heavy atom. The molecule has 2 heterocycles. The van der Waals surface area contributed by atoms with Crippen LogP contribution in [0.5, 0.6) is 0 Å². The van der Waals surface area contributed by atoms with E-state index in [1.54, 1.807) is 46.2 Å². The summed E-state index contributed by atoms with van der Waals surface area (Å²) in [6.45, 7) is 0. The highest BCUT2D eigenvalue weighted by Gasteiger charge is 2.15. The maximum absolute atomic E-state index is 7.61. The van der Waals surface area contributed by atoms with Gasteiger partial charge in [0.15, 0.2) is 0 Å². The van der Waals surface area contributed by atoms with E-state index < -0.39 is 0 Å². The molecule has 2 aromatic heterocycles. The van der Waals surface area contributed by atoms with E-state index in [-0.39, 0.29) is 5.84 Å². The van der Waals surface area contributed by atoms with Crippen LogP contribution in [0.3, 0.4) is 0 Å². The van der Waals surface area contributed by atoms with E-state index in [1.807, 2.05) is 30.5 Å². The van der Waals surface area contributed by atoms with E-state index in [2.05, 4.69) is 17.5 Å². The Morgan fingerprint density at radius 2 is 2.09 bits per heavy atom. The van der Waals surface area contributed by atoms with Crippen molar-refractivity contribution in [2.45, 2.75) is 14.9 Å². The molecule has 0 radical (unpaired) electrons. The number of thiophene rings is 1. The maximum Gasteiger partial charge on any atom is 0.133 e. The first-order chi connectivity index (χ1) is 11.2. The fourth-order valence-electron chi connectivity index (χ4n) is 1.98. The molecular weight excluding hydrogens is 362 g/mol. The lowest BCUT2D eigenvalue weighted by atomic mass is 10.3. The van der Waals surface area contributed by atoms with Gasteiger partial charge in [-0.25, -0.2) is 4.98 Å². The van der Waals surface area contributed by atoms with Crippen molar-refractivity contribution in [3.63, 3.8) is 0 Å². The smallest absolute Gasteiger partial charge is 0.133 e. The number of aromatic nitrogens is 1. The van der Waals surface area contributed by atoms with Gasteiger partial charge in [0.1, 0.15) is 10.8 Å². The topological polar surface area (TPSA) is 62.8 Å². The summed E-state index contributed by atoms with van der Waals surface area (Å²) in [5.41, 5.74) is 7.79. The van der Waals surface area contributed by atoms with Crippen molar-refractivity contribution in [2.75, 3.05) is 6.26 Å². The molecule has 3 rings (SSSR count). The number of nitrogens with zero attached hydrogens (tertiary/aromatic N) is 1. The van der Waals surface area contributed by atoms with Crippen LogP contribution >= 0.6 is 46.2 Å². The third kappa shape index (κ3) is 3.98. The average molecular weight is 378 g/mol. The second-order valence-electron chi connectivity index (χ2n) is 4.68. The lowest BCUT2D eigenvalue weighted by Crippen LogP contribution is -2.08. The van der Waals surface area contributed by atoms with Crippen molar-refractivity contribution in [3.05, 3.63) is 52.3 Å². The normalized spacial score (nSPS) is 10.8. The summed E-state index contributed by atoms with van der Waals surface area (Å²) in [5, 5.41) is 10.7. The fourth-order valence-corrected chi connectivity index (χ4v) is 5.60. The molecule has 0 aliphatic rings. The van der Waals surface area contributed by atoms with Crippen LogP contribution in [-0.4, -0.2) is 17.1 Å². The Kier molecular flexibility index (Phi) is 5.42. The van der Waals surface area contributed by atoms with Gasteiger partial charge in [-0.2, -0.15) is 0 Å². The number of nitrogens with one attached hydrogen (secondary N) is 1. The Hall–Kier alpha value is -1.28. The van der Waals surface area contributed by atoms with Crippen LogP contribution in [0.2, 0.25) is 0 Å². The van der Waals surface area contributed by atoms with Crippen LogP contribution in [0.4, 0.5) is 0 Å². The molecule has 23 heavy (non-hydrogen) atoms. The minimum atomic E-state index is 0.118. The van der Waals surface area contributed by atoms with E-state index in [1.165, 1.54) is 4.90 Å². The third-order valence-electron chi connectivity index (χ3n) is 3.06. The van der Waals surface area contributed by atoms with Crippen LogP contribution in [0.25, 0.3) is 10.6 Å². The molecular formula is C16H15N3S4. The number of rotatable bonds is 6. The quantitative estimate of drug-likeness (QED) is 0.353. The number of nitrogens with two attached hydrogens (primary N) is 1. The van der Waals surface area contributed by atoms with Crippen molar-refractivity contribution in [2.24, 2.45) is 5.73 Å². The highest BCUT2D eigenvalue weighted by molar-refractivity contribution is 8.00. The highest BCUT2D eigenvalue weighted by atomic mass is 32.2. The molecule has 0 atom stereocenters. The molecule has 0 amide bonds. The molecule has 3 N–H and O–H groups in total. The molecule has 0 aliphatic heterocycles. The number of nitrogen functional groups attached to an aromatic ring is 1. The molecule has 118 valence electrons. The number of amidine groups is 1. The summed E-state index contributed by atoms with van der Waals surface area (Å²) >= 11 is 6.67. The van der Waals surface area contributed by atoms with Gasteiger partial charge in [0, 0.05) is 21.6 Å². The van der Waals surface area contributed by atoms with Crippen LogP contribution in [0.15, 0.2) is 50.9 Å². The first kappa shape index (κ1) is 16.6. The largest absolute Gasteiger partial charge is 0.383 e. The van der Waals surface area contributed by atoms with Crippen molar-refractivity contribution in [1.82, 2.24) is 4.98 Å². The van der Waals surface area contributed by atoms with Crippen LogP contribution in [0, 0.1) is 5.41 Å². The van der Waals surface area contributed by atoms with Gasteiger partial charge in [-0.3, -0.25) is 5.41 Å². The van der Waals surface area contributed by atoms with Gasteiger partial charge in [0.05, 0.1) is 14.8 Å². The highest BCUT2D eigenvalue weighted by Crippen LogP contribution is 2.39. The standard InChI is InChI=1S/C16H15N3S4/c1-20-16-12(7-13(23-16)14(17)18)15-19-10(9-22-15)8-21-11-5-3-2-4-6-11/h2-7,9H,8H2,1H3,(H3,17,18). The lowest BCUT2D eigenvalue weighted by Gasteiger charge is -1.98. The van der Waals surface area contributed by atoms with Gasteiger partial charge in [-0.1, -0.05) is 18.2 Å². The van der Waals surface area contributed by atoms with Crippen LogP contribution in [-0.2, 0) is 5.75 Å². The summed E-state index contributed by atoms with van der Waals surface area (Å²) in [6.07, 6.45) is 2.04. The Balaban J connectivity index is 1.78. The summed E-state index contributed by atoms with van der Waals surface area (Å²) in [5.74, 6) is 0.978. The minimum Gasteiger partial charge on any atom is -0.383 e. The van der Waals surface area contributed by atoms with Gasteiger partial charge in [0.25, 0.3) is 0 Å². The summed E-state index contributed by atoms with van der Waals surface area (Å²) < 4.78 is 1.16. The van der Waals surface area contributed by atoms with E-state index in [0.717, 1.165) is 31.1 Å². The van der Waals surface area contributed by atoms with E-state index in [0.29, 0.717) is 0 Å². The summed E-state index contributed by atoms with van der Waals surface area (Å²) in [4.78, 5) is 6.81. The van der Waals surface area contributed by atoms with Gasteiger partial charge >= 0.3 is 0 Å². The monoisotopic (exact) mass is 377 g/mol. The predicted octanol–water partition coefficient (Wildman–Crippen LogP) is 5.17. The predicted molar refractivity (Wildman–Crippen MR) is 104 cm³/mol. The second kappa shape index (κ2) is 7.53. The maximum atomic E-state index is 7.61. The summed E-state index contributed by atoms with van der Waals surface area (Å²) in [6, 6.07) is 12.3. The molecule has 1 aromatic carbocycles. The Morgan fingerprint density at radius 1 is 1.30 bits per heavy atom. The third-order valence-corrected chi connectivity index (χ3v) is 7.33. The molecule has 0 spiro atoms. The lowest BCUT2D eigenvalue weighted by molar-refractivity contribution is 1.23. The zero-order valence-electron chi connectivity index (χ0n) is 12.4. The molecule has 0 fully saturated rings. The minimum absolute atomic E-state index is 0.118. The molecule has 3 aromatic rings. The van der Waals surface area contributed by atoms with Crippen molar-refractivity contribution < 1.29 is 0 Å². The number of hydrogen-bond donors (Lipinski definition) is 2. The number of thiazole rings is 1. The Labute approximate surface area is 151 Å². The van der Waals surface area contributed by atoms with E-state index in [4.69, 9.17) is 16.1 Å². The van der Waals surface area contributed by atoms with Crippen molar-refractivity contribution in [1.29, 1.82) is 5.41 Å². The van der Waals surface area contributed by atoms with Crippen LogP contribution in [0.1, 0.15) is 10.6 Å². The molecule has 3 nitrogen and oxygen atoms in total. The van der Waals surface area contributed by atoms with Gasteiger partial charge in [0.2, 0.25) is 0 Å². The number of thioether (sulfide) groups is 2. The molecule has 0 unspecified atom stereocenters. The molecule has 0 bridgehead atoms. The summed E-state index contributed by atoms with van der Waals surface area (Å²) in [7, 11) is 0. The van der Waals surface area contributed by atoms with E-state index in [9.17, 15) is 0 Å². The van der Waals surface area contributed by atoms with Gasteiger partial charge in [-0.15, -0.1) is 46.2 Å². The molecule has 0 aliphatic carbocycles. The molecule has 0 saturated carbocycles. The first-order valence-corrected chi connectivity index (χ1v) is 10.7. The van der Waals surface area contributed by atoms with E-state index >= 15 is 0 Å². The zero-order chi connectivity index (χ0) is 16.2. The zero-order valence-corrected chi connectivity index (χ0v) is 15.7. The first-order valence-electron chi connectivity index (χ1n) is 6.82. The average Bonchev–Trinajstić information content (AvgIpc) is 3.20. The fraction of sp³-hybridized carbons (Fsp3) is 0.125. The van der Waals surface area contributed by atoms with Crippen LogP contribution < -0.4 is 5.73 Å². The number of benzene rings is 1. The second-order valence-corrected chi connectivity index (χ2v) is 8.71. The van der Waals surface area contributed by atoms with Crippen molar-refractivity contribution >= 4 is 52.0 Å². The Bertz CT molecular complexity index is 808. The van der Waals surface area contributed by atoms with Gasteiger partial charge in [-0.05, 0) is 24.5 Å².